The van der Waals surface area contributed by atoms with Crippen LogP contribution in [-0.2, 0) is 25.6 Å². The molecule has 5 atom stereocenters. The molecule has 0 spiro atoms. The summed E-state index contributed by atoms with van der Waals surface area (Å²) in [6.45, 7) is 15.5. The van der Waals surface area contributed by atoms with E-state index in [9.17, 15) is 24.3 Å². The highest BCUT2D eigenvalue weighted by molar-refractivity contribution is 7.15. The number of benzene rings is 3. The molecular weight excluding hydrogens is 970 g/mol. The minimum Gasteiger partial charge on any atom is -0.490 e. The van der Waals surface area contributed by atoms with Crippen molar-refractivity contribution in [1.29, 1.82) is 0 Å². The lowest BCUT2D eigenvalue weighted by Crippen LogP contribution is -2.58. The smallest absolute Gasteiger partial charge is 0.246 e. The van der Waals surface area contributed by atoms with Crippen molar-refractivity contribution in [2.75, 3.05) is 6.54 Å². The van der Waals surface area contributed by atoms with Crippen molar-refractivity contribution in [1.82, 2.24) is 40.6 Å². The Morgan fingerprint density at radius 1 is 0.917 bits per heavy atom. The zero-order valence-electron chi connectivity index (χ0n) is 41.7. The maximum atomic E-state index is 14.3. The topological polar surface area (TPSA) is 193 Å². The van der Waals surface area contributed by atoms with Crippen molar-refractivity contribution >= 4 is 63.6 Å². The average Bonchev–Trinajstić information content (AvgIpc) is 4.09. The molecule has 15 nitrogen and oxygen atoms in total. The molecular formula is C54H60ClN9O6S2. The third-order valence-corrected chi connectivity index (χ3v) is 16.2. The highest BCUT2D eigenvalue weighted by Gasteiger charge is 2.45. The fourth-order valence-corrected chi connectivity index (χ4v) is 11.9. The van der Waals surface area contributed by atoms with E-state index in [-0.39, 0.29) is 61.7 Å². The van der Waals surface area contributed by atoms with Crippen molar-refractivity contribution in [3.8, 4) is 21.2 Å². The molecule has 376 valence electrons. The molecule has 0 radical (unpaired) electrons. The van der Waals surface area contributed by atoms with E-state index in [1.165, 1.54) is 9.78 Å². The van der Waals surface area contributed by atoms with Crippen molar-refractivity contribution in [2.45, 2.75) is 130 Å². The molecule has 1 saturated carbocycles. The molecule has 1 saturated heterocycles. The average molecular weight is 1030 g/mol. The molecule has 2 fully saturated rings. The summed E-state index contributed by atoms with van der Waals surface area (Å²) in [6, 6.07) is 19.9. The van der Waals surface area contributed by atoms with E-state index >= 15 is 0 Å². The number of aliphatic hydroxyl groups is 1. The molecule has 2 unspecified atom stereocenters. The Labute approximate surface area is 432 Å². The molecule has 3 aromatic carbocycles. The van der Waals surface area contributed by atoms with Gasteiger partial charge in [-0.3, -0.25) is 28.7 Å². The Morgan fingerprint density at radius 3 is 2.33 bits per heavy atom. The molecule has 9 rings (SSSR count). The maximum absolute atomic E-state index is 14.3. The van der Waals surface area contributed by atoms with Gasteiger partial charge in [0.1, 0.15) is 40.8 Å². The molecule has 4 N–H and O–H groups in total. The van der Waals surface area contributed by atoms with E-state index in [2.05, 4.69) is 45.0 Å². The van der Waals surface area contributed by atoms with Gasteiger partial charge in [-0.1, -0.05) is 80.9 Å². The summed E-state index contributed by atoms with van der Waals surface area (Å²) in [5.41, 5.74) is 8.50. The van der Waals surface area contributed by atoms with Crippen LogP contribution in [-0.4, -0.2) is 96.0 Å². The third kappa shape index (κ3) is 10.8. The van der Waals surface area contributed by atoms with Crippen LogP contribution in [0.3, 0.4) is 0 Å². The fraction of sp³-hybridized carbons (Fsp3) is 0.407. The van der Waals surface area contributed by atoms with Crippen LogP contribution >= 0.6 is 34.3 Å². The molecule has 2 aliphatic heterocycles. The van der Waals surface area contributed by atoms with E-state index < -0.39 is 35.6 Å². The molecule has 0 bridgehead atoms. The van der Waals surface area contributed by atoms with Gasteiger partial charge >= 0.3 is 0 Å². The number of amides is 4. The first-order valence-electron chi connectivity index (χ1n) is 24.3. The third-order valence-electron chi connectivity index (χ3n) is 13.8. The van der Waals surface area contributed by atoms with E-state index in [1.807, 2.05) is 124 Å². The molecule has 4 amide bonds. The summed E-state index contributed by atoms with van der Waals surface area (Å²) in [5, 5.41) is 30.5. The number of nitrogens with zero attached hydrogens (tertiary/aromatic N) is 6. The molecule has 18 heteroatoms. The number of β-amino-alcohol motifs (C(OH)–C–C–N with tert-alkyl or cyclic N) is 1. The Morgan fingerprint density at radius 2 is 1.64 bits per heavy atom. The normalized spacial score (nSPS) is 20.3. The fourth-order valence-electron chi connectivity index (χ4n) is 9.71. The number of aliphatic hydroxyl groups excluding tert-OH is 1. The number of carbonyl (C=O) groups excluding carboxylic acids is 4. The second-order valence-corrected chi connectivity index (χ2v) is 22.8. The SMILES string of the molecule is Cc1ncsc1-c1ccc([C@H](C)NC(=O)C2C[C@@H](O)CN2C(=O)[C@@H](NC(=O)Cc2cccc(OC3CC(NC(=O)CC4N=C(c5ccc(Cl)cc5)c5c(sc(C)c5C)-n5c(C)nnc54)C3)c2)C(C)(C)C)cc1. The van der Waals surface area contributed by atoms with Gasteiger partial charge in [-0.2, -0.15) is 0 Å². The summed E-state index contributed by atoms with van der Waals surface area (Å²) in [5.74, 6) is 0.606. The van der Waals surface area contributed by atoms with Gasteiger partial charge in [-0.15, -0.1) is 32.9 Å². The molecule has 3 aromatic heterocycles. The first kappa shape index (κ1) is 50.7. The number of ether oxygens (including phenoxy) is 1. The summed E-state index contributed by atoms with van der Waals surface area (Å²) in [6.07, 6.45) is 0.311. The van der Waals surface area contributed by atoms with Crippen LogP contribution in [0.4, 0.5) is 0 Å². The van der Waals surface area contributed by atoms with E-state index in [1.54, 1.807) is 22.7 Å². The second kappa shape index (κ2) is 20.7. The predicted octanol–water partition coefficient (Wildman–Crippen LogP) is 8.26. The number of fused-ring (bicyclic) bond motifs is 3. The monoisotopic (exact) mass is 1030 g/mol. The Bertz CT molecular complexity index is 3040. The van der Waals surface area contributed by atoms with Gasteiger partial charge in [0.15, 0.2) is 5.82 Å². The van der Waals surface area contributed by atoms with Crippen LogP contribution in [0, 0.1) is 33.1 Å². The Hall–Kier alpha value is -6.27. The van der Waals surface area contributed by atoms with Crippen LogP contribution in [0.25, 0.3) is 15.4 Å². The summed E-state index contributed by atoms with van der Waals surface area (Å²) >= 11 is 9.51. The number of aromatic nitrogens is 4. The van der Waals surface area contributed by atoms with E-state index in [4.69, 9.17) is 21.3 Å². The number of thiazole rings is 1. The number of hydrogen-bond donors (Lipinski definition) is 4. The lowest BCUT2D eigenvalue weighted by Gasteiger charge is -2.36. The van der Waals surface area contributed by atoms with Gasteiger partial charge in [0, 0.05) is 52.9 Å². The van der Waals surface area contributed by atoms with Gasteiger partial charge in [0.25, 0.3) is 0 Å². The minimum atomic E-state index is -0.975. The molecule has 72 heavy (non-hydrogen) atoms. The van der Waals surface area contributed by atoms with Crippen LogP contribution in [0.2, 0.25) is 5.02 Å². The lowest BCUT2D eigenvalue weighted by atomic mass is 9.85. The van der Waals surface area contributed by atoms with Crippen LogP contribution in [0.15, 0.2) is 83.3 Å². The van der Waals surface area contributed by atoms with Gasteiger partial charge in [0.2, 0.25) is 23.6 Å². The predicted molar refractivity (Wildman–Crippen MR) is 280 cm³/mol. The quantitative estimate of drug-likeness (QED) is 0.0832. The number of hydrogen-bond acceptors (Lipinski definition) is 12. The zero-order chi connectivity index (χ0) is 51.2. The lowest BCUT2D eigenvalue weighted by molar-refractivity contribution is -0.144. The van der Waals surface area contributed by atoms with Crippen molar-refractivity contribution in [3.05, 3.63) is 133 Å². The van der Waals surface area contributed by atoms with Crippen molar-refractivity contribution in [2.24, 2.45) is 10.4 Å². The van der Waals surface area contributed by atoms with E-state index in [0.717, 1.165) is 54.9 Å². The van der Waals surface area contributed by atoms with Gasteiger partial charge < -0.3 is 30.7 Å². The maximum Gasteiger partial charge on any atom is 0.246 e. The molecule has 6 aromatic rings. The molecule has 3 aliphatic rings. The minimum absolute atomic E-state index is 0.0187. The van der Waals surface area contributed by atoms with E-state index in [0.29, 0.717) is 35.0 Å². The summed E-state index contributed by atoms with van der Waals surface area (Å²) in [7, 11) is 0. The number of thiophene rings is 1. The van der Waals surface area contributed by atoms with Crippen LogP contribution in [0.1, 0.15) is 115 Å². The summed E-state index contributed by atoms with van der Waals surface area (Å²) < 4.78 is 8.36. The van der Waals surface area contributed by atoms with Crippen LogP contribution in [0.5, 0.6) is 5.75 Å². The summed E-state index contributed by atoms with van der Waals surface area (Å²) in [4.78, 5) is 68.8. The number of rotatable bonds is 14. The first-order valence-corrected chi connectivity index (χ1v) is 26.4. The molecule has 5 heterocycles. The number of carbonyl (C=O) groups is 4. The molecule has 1 aliphatic carbocycles. The highest BCUT2D eigenvalue weighted by Crippen LogP contribution is 2.40. The van der Waals surface area contributed by atoms with Gasteiger partial charge in [-0.05, 0) is 86.6 Å². The number of likely N-dealkylation sites (tertiary alicyclic amines) is 1. The number of aryl methyl sites for hydroxylation is 3. The number of nitrogens with one attached hydrogen (secondary N) is 3. The largest absolute Gasteiger partial charge is 0.490 e. The van der Waals surface area contributed by atoms with Crippen molar-refractivity contribution in [3.63, 3.8) is 0 Å². The Balaban J connectivity index is 0.787. The van der Waals surface area contributed by atoms with Gasteiger partial charge in [-0.25, -0.2) is 4.98 Å². The van der Waals surface area contributed by atoms with Crippen molar-refractivity contribution < 1.29 is 29.0 Å². The van der Waals surface area contributed by atoms with Crippen LogP contribution < -0.4 is 20.7 Å². The Kier molecular flexibility index (Phi) is 14.6. The first-order chi connectivity index (χ1) is 34.3. The number of aliphatic imine (C=N–C) groups is 1. The standard InChI is InChI=1S/C54H60ClN9O6S2/c1-28-31(4)72-53-46(28)47(35-16-18-37(55)19-17-35)59-42(50-62-61-32(5)64(50)53)25-45(67)58-38-22-41(23-38)70-40-11-9-10-33(20-40)21-44(66)60-49(54(6,7)8)52(69)63-26-39(65)24-43(63)51(68)57-29(2)34-12-14-36(15-13-34)48-30(3)56-27-71-48/h9-20,27,29,38-39,41-43,49,65H,21-26H2,1-8H3,(H,57,68)(H,58,67)(H,60,66)/t29-,38?,39+,41?,42?,43?,49+/m0/s1. The second-order valence-electron chi connectivity index (χ2n) is 20.3. The zero-order valence-corrected chi connectivity index (χ0v) is 44.0. The van der Waals surface area contributed by atoms with Gasteiger partial charge in [0.05, 0.1) is 46.8 Å². The highest BCUT2D eigenvalue weighted by atomic mass is 35.5. The number of halogens is 1.